The summed E-state index contributed by atoms with van der Waals surface area (Å²) in [6.45, 7) is 4.43. The molecule has 1 N–H and O–H groups in total. The second-order valence-corrected chi connectivity index (χ2v) is 21.4. The fourth-order valence-electron chi connectivity index (χ4n) is 7.89. The molecule has 0 rings (SSSR count). The van der Waals surface area contributed by atoms with Crippen molar-refractivity contribution in [3.8, 4) is 0 Å². The summed E-state index contributed by atoms with van der Waals surface area (Å²) in [7, 11) is 1.48. The number of unbranched alkanes of at least 4 members (excludes halogenated alkanes) is 33. The van der Waals surface area contributed by atoms with Crippen molar-refractivity contribution in [2.45, 2.75) is 270 Å². The molecule has 65 heavy (non-hydrogen) atoms. The second-order valence-electron chi connectivity index (χ2n) is 20.0. The molecule has 0 amide bonds. The van der Waals surface area contributed by atoms with E-state index in [4.69, 9.17) is 18.5 Å². The predicted molar refractivity (Wildman–Crippen MR) is 275 cm³/mol. The van der Waals surface area contributed by atoms with Crippen molar-refractivity contribution in [3.63, 3.8) is 0 Å². The first-order valence-corrected chi connectivity index (χ1v) is 29.1. The largest absolute Gasteiger partial charge is 0.472 e. The van der Waals surface area contributed by atoms with Crippen LogP contribution in [0.5, 0.6) is 0 Å². The van der Waals surface area contributed by atoms with Gasteiger partial charge in [0.15, 0.2) is 6.10 Å². The van der Waals surface area contributed by atoms with Crippen LogP contribution >= 0.6 is 7.82 Å². The summed E-state index contributed by atoms with van der Waals surface area (Å²) in [5.41, 5.74) is 0. The Hall–Kier alpha value is -1.51. The molecule has 0 aromatic rings. The van der Waals surface area contributed by atoms with E-state index < -0.39 is 26.5 Å². The van der Waals surface area contributed by atoms with E-state index in [0.29, 0.717) is 17.4 Å². The van der Waals surface area contributed by atoms with Gasteiger partial charge in [0, 0.05) is 12.8 Å². The van der Waals surface area contributed by atoms with E-state index in [0.717, 1.165) is 51.4 Å². The summed E-state index contributed by atoms with van der Waals surface area (Å²) >= 11 is 0. The smallest absolute Gasteiger partial charge is 0.462 e. The minimum atomic E-state index is -4.38. The molecule has 0 aliphatic heterocycles. The van der Waals surface area contributed by atoms with Crippen molar-refractivity contribution in [2.24, 2.45) is 0 Å². The highest BCUT2D eigenvalue weighted by molar-refractivity contribution is 7.47. The summed E-state index contributed by atoms with van der Waals surface area (Å²) in [5.74, 6) is -0.798. The molecule has 10 heteroatoms. The number of likely N-dealkylation sites (N-methyl/N-ethyl adjacent to an activating group) is 1. The number of esters is 2. The van der Waals surface area contributed by atoms with Crippen LogP contribution in [0.25, 0.3) is 0 Å². The molecule has 0 aromatic carbocycles. The van der Waals surface area contributed by atoms with Gasteiger partial charge in [-0.25, -0.2) is 4.57 Å². The Bertz CT molecular complexity index is 1150. The van der Waals surface area contributed by atoms with Crippen LogP contribution in [0.3, 0.4) is 0 Å². The lowest BCUT2D eigenvalue weighted by molar-refractivity contribution is -0.870. The Kier molecular flexibility index (Phi) is 46.4. The maximum atomic E-state index is 12.8. The van der Waals surface area contributed by atoms with Crippen molar-refractivity contribution in [1.82, 2.24) is 0 Å². The number of allylic oxidation sites excluding steroid dienone is 4. The van der Waals surface area contributed by atoms with Crippen LogP contribution in [0.15, 0.2) is 24.3 Å². The molecule has 2 atom stereocenters. The summed E-state index contributed by atoms with van der Waals surface area (Å²) in [5, 5.41) is 0. The number of rotatable bonds is 51. The third kappa shape index (κ3) is 51.7. The maximum Gasteiger partial charge on any atom is 0.472 e. The fraction of sp³-hybridized carbons (Fsp3) is 0.891. The number of nitrogens with zero attached hydrogens (tertiary/aromatic N) is 1. The first kappa shape index (κ1) is 63.5. The second kappa shape index (κ2) is 47.6. The number of carbonyl (C=O) groups excluding carboxylic acids is 2. The highest BCUT2D eigenvalue weighted by Crippen LogP contribution is 2.43. The lowest BCUT2D eigenvalue weighted by Gasteiger charge is -2.24. The maximum absolute atomic E-state index is 12.8. The van der Waals surface area contributed by atoms with E-state index in [1.807, 2.05) is 21.1 Å². The standard InChI is InChI=1S/C55H106NO8P/c1-6-8-10-12-14-16-18-20-21-22-23-24-25-26-27-28-29-30-31-32-33-34-35-36-38-40-42-44-46-48-55(58)64-53(52-63-65(59,60)62-50-49-56(3,4)5)51-61-54(57)47-45-43-41-39-37-19-17-15-13-11-9-7-2/h15,17,22-23,53H,6-14,16,18-21,24-52H2,1-5H3/p+1/b17-15-,23-22-. The van der Waals surface area contributed by atoms with Gasteiger partial charge in [-0.1, -0.05) is 212 Å². The molecular weight excluding hydrogens is 834 g/mol. The van der Waals surface area contributed by atoms with Gasteiger partial charge in [0.05, 0.1) is 27.7 Å². The highest BCUT2D eigenvalue weighted by atomic mass is 31.2. The lowest BCUT2D eigenvalue weighted by Crippen LogP contribution is -2.37. The summed E-state index contributed by atoms with van der Waals surface area (Å²) in [6, 6.07) is 0. The Morgan fingerprint density at radius 3 is 1.17 bits per heavy atom. The van der Waals surface area contributed by atoms with Gasteiger partial charge < -0.3 is 18.9 Å². The Labute approximate surface area is 402 Å². The zero-order chi connectivity index (χ0) is 47.8. The Balaban J connectivity index is 4.04. The van der Waals surface area contributed by atoms with E-state index in [9.17, 15) is 19.0 Å². The molecular formula is C55H107NO8P+. The highest BCUT2D eigenvalue weighted by Gasteiger charge is 2.27. The molecule has 0 bridgehead atoms. The topological polar surface area (TPSA) is 108 Å². The number of hydrogen-bond donors (Lipinski definition) is 1. The third-order valence-corrected chi connectivity index (χ3v) is 13.2. The minimum Gasteiger partial charge on any atom is -0.462 e. The zero-order valence-electron chi connectivity index (χ0n) is 43.5. The molecule has 0 radical (unpaired) electrons. The molecule has 9 nitrogen and oxygen atoms in total. The summed E-state index contributed by atoms with van der Waals surface area (Å²) < 4.78 is 34.4. The fourth-order valence-corrected chi connectivity index (χ4v) is 8.63. The van der Waals surface area contributed by atoms with Crippen LogP contribution in [-0.2, 0) is 32.7 Å². The summed E-state index contributed by atoms with van der Waals surface area (Å²) in [4.78, 5) is 35.5. The van der Waals surface area contributed by atoms with Crippen molar-refractivity contribution >= 4 is 19.8 Å². The van der Waals surface area contributed by atoms with Crippen molar-refractivity contribution in [1.29, 1.82) is 0 Å². The first-order valence-electron chi connectivity index (χ1n) is 27.6. The number of hydrogen-bond acceptors (Lipinski definition) is 7. The molecule has 0 saturated heterocycles. The quantitative estimate of drug-likeness (QED) is 0.0211. The van der Waals surface area contributed by atoms with Gasteiger partial charge in [0.2, 0.25) is 0 Å². The van der Waals surface area contributed by atoms with Crippen LogP contribution < -0.4 is 0 Å². The predicted octanol–water partition coefficient (Wildman–Crippen LogP) is 16.6. The molecule has 0 saturated carbocycles. The molecule has 0 aliphatic carbocycles. The van der Waals surface area contributed by atoms with Gasteiger partial charge in [-0.05, 0) is 64.2 Å². The van der Waals surface area contributed by atoms with E-state index in [-0.39, 0.29) is 32.0 Å². The average molecular weight is 941 g/mol. The lowest BCUT2D eigenvalue weighted by atomic mass is 10.0. The normalized spacial score (nSPS) is 13.5. The Morgan fingerprint density at radius 1 is 0.462 bits per heavy atom. The van der Waals surface area contributed by atoms with Crippen molar-refractivity contribution in [2.75, 3.05) is 47.5 Å². The van der Waals surface area contributed by atoms with E-state index >= 15 is 0 Å². The van der Waals surface area contributed by atoms with Crippen molar-refractivity contribution < 1.29 is 42.1 Å². The Morgan fingerprint density at radius 2 is 0.785 bits per heavy atom. The van der Waals surface area contributed by atoms with E-state index in [1.54, 1.807) is 0 Å². The zero-order valence-corrected chi connectivity index (χ0v) is 44.4. The molecule has 0 spiro atoms. The monoisotopic (exact) mass is 941 g/mol. The van der Waals surface area contributed by atoms with Crippen LogP contribution in [0.4, 0.5) is 0 Å². The summed E-state index contributed by atoms with van der Waals surface area (Å²) in [6.07, 6.45) is 55.4. The molecule has 0 aromatic heterocycles. The third-order valence-electron chi connectivity index (χ3n) is 12.2. The van der Waals surface area contributed by atoms with Gasteiger partial charge in [0.25, 0.3) is 0 Å². The van der Waals surface area contributed by atoms with Crippen LogP contribution in [0.1, 0.15) is 264 Å². The van der Waals surface area contributed by atoms with Crippen LogP contribution in [0, 0.1) is 0 Å². The first-order chi connectivity index (χ1) is 31.5. The number of phosphoric ester groups is 1. The van der Waals surface area contributed by atoms with Crippen LogP contribution in [0.2, 0.25) is 0 Å². The molecule has 384 valence electrons. The molecule has 0 aliphatic rings. The van der Waals surface area contributed by atoms with E-state index in [2.05, 4.69) is 38.2 Å². The van der Waals surface area contributed by atoms with E-state index in [1.165, 1.54) is 180 Å². The molecule has 0 fully saturated rings. The van der Waals surface area contributed by atoms with Gasteiger partial charge in [-0.2, -0.15) is 0 Å². The SMILES string of the molecule is CCCCC/C=C\CCCCCCCC(=O)OCC(COP(=O)(O)OCC[N+](C)(C)C)OC(=O)CCCCCCCCCCCCCCCCCCC/C=C\CCCCCCCCCC. The molecule has 2 unspecified atom stereocenters. The number of ether oxygens (including phenoxy) is 2. The van der Waals surface area contributed by atoms with Gasteiger partial charge in [0.1, 0.15) is 19.8 Å². The number of carbonyl (C=O) groups is 2. The number of phosphoric acid groups is 1. The minimum absolute atomic E-state index is 0.0326. The van der Waals surface area contributed by atoms with Crippen LogP contribution in [-0.4, -0.2) is 74.9 Å². The molecule has 0 heterocycles. The van der Waals surface area contributed by atoms with Gasteiger partial charge in [-0.15, -0.1) is 0 Å². The van der Waals surface area contributed by atoms with Gasteiger partial charge in [-0.3, -0.25) is 18.6 Å². The van der Waals surface area contributed by atoms with Crippen molar-refractivity contribution in [3.05, 3.63) is 24.3 Å². The van der Waals surface area contributed by atoms with Gasteiger partial charge >= 0.3 is 19.8 Å². The number of quaternary nitrogens is 1. The average Bonchev–Trinajstić information content (AvgIpc) is 3.26.